The van der Waals surface area contributed by atoms with Crippen LogP contribution in [0, 0.1) is 5.82 Å². The Balaban J connectivity index is 2.06. The van der Waals surface area contributed by atoms with Crippen molar-refractivity contribution in [1.82, 2.24) is 10.6 Å². The Morgan fingerprint density at radius 1 is 1.42 bits per heavy atom. The molecule has 0 spiro atoms. The number of hydrogen-bond acceptors (Lipinski definition) is 3. The summed E-state index contributed by atoms with van der Waals surface area (Å²) in [7, 11) is 0. The van der Waals surface area contributed by atoms with Gasteiger partial charge < -0.3 is 5.32 Å². The van der Waals surface area contributed by atoms with E-state index in [1.54, 1.807) is 0 Å². The topological polar surface area (TPSA) is 75.3 Å². The quantitative estimate of drug-likeness (QED) is 0.796. The van der Waals surface area contributed by atoms with Crippen LogP contribution in [0.2, 0.25) is 5.02 Å². The molecule has 2 rings (SSSR count). The molecular weight excluding hydrogens is 275 g/mol. The molecule has 1 unspecified atom stereocenters. The van der Waals surface area contributed by atoms with E-state index in [9.17, 15) is 18.8 Å². The molecule has 1 atom stereocenters. The summed E-state index contributed by atoms with van der Waals surface area (Å²) >= 11 is 5.57. The van der Waals surface area contributed by atoms with Crippen LogP contribution in [0.5, 0.6) is 0 Å². The van der Waals surface area contributed by atoms with Gasteiger partial charge in [0, 0.05) is 12.0 Å². The summed E-state index contributed by atoms with van der Waals surface area (Å²) < 4.78 is 13.0. The number of benzene rings is 1. The molecule has 100 valence electrons. The zero-order valence-electron chi connectivity index (χ0n) is 9.70. The van der Waals surface area contributed by atoms with Crippen molar-refractivity contribution in [3.8, 4) is 0 Å². The molecule has 0 saturated carbocycles. The SMILES string of the molecule is O=C1CCC(NC(=O)c2ccc(F)c(Cl)c2)C(=O)N1. The summed E-state index contributed by atoms with van der Waals surface area (Å²) in [5.41, 5.74) is 0.149. The monoisotopic (exact) mass is 284 g/mol. The van der Waals surface area contributed by atoms with Gasteiger partial charge in [0.1, 0.15) is 11.9 Å². The first kappa shape index (κ1) is 13.5. The maximum atomic E-state index is 13.0. The largest absolute Gasteiger partial charge is 0.340 e. The number of amides is 3. The lowest BCUT2D eigenvalue weighted by Crippen LogP contribution is -2.52. The smallest absolute Gasteiger partial charge is 0.251 e. The number of carbonyl (C=O) groups excluding carboxylic acids is 3. The van der Waals surface area contributed by atoms with Crippen molar-refractivity contribution in [2.75, 3.05) is 0 Å². The lowest BCUT2D eigenvalue weighted by molar-refractivity contribution is -0.134. The molecule has 1 heterocycles. The predicted octanol–water partition coefficient (Wildman–Crippen LogP) is 1.01. The molecule has 2 N–H and O–H groups in total. The molecule has 1 fully saturated rings. The fourth-order valence-electron chi connectivity index (χ4n) is 1.71. The van der Waals surface area contributed by atoms with Gasteiger partial charge >= 0.3 is 0 Å². The minimum Gasteiger partial charge on any atom is -0.340 e. The number of carbonyl (C=O) groups is 3. The van der Waals surface area contributed by atoms with Crippen LogP contribution in [-0.2, 0) is 9.59 Å². The van der Waals surface area contributed by atoms with E-state index in [-0.39, 0.29) is 29.3 Å². The van der Waals surface area contributed by atoms with Crippen LogP contribution in [-0.4, -0.2) is 23.8 Å². The lowest BCUT2D eigenvalue weighted by atomic mass is 10.1. The number of rotatable bonds is 2. The van der Waals surface area contributed by atoms with E-state index in [2.05, 4.69) is 10.6 Å². The van der Waals surface area contributed by atoms with Crippen LogP contribution in [0.1, 0.15) is 23.2 Å². The molecule has 5 nitrogen and oxygen atoms in total. The van der Waals surface area contributed by atoms with Crippen LogP contribution in [0.3, 0.4) is 0 Å². The minimum absolute atomic E-state index is 0.149. The number of nitrogens with one attached hydrogen (secondary N) is 2. The number of imide groups is 1. The highest BCUT2D eigenvalue weighted by atomic mass is 35.5. The molecular formula is C12H10ClFN2O3. The van der Waals surface area contributed by atoms with E-state index < -0.39 is 23.7 Å². The molecule has 1 aromatic carbocycles. The van der Waals surface area contributed by atoms with Crippen LogP contribution < -0.4 is 10.6 Å². The maximum absolute atomic E-state index is 13.0. The Morgan fingerprint density at radius 2 is 2.16 bits per heavy atom. The first-order valence-electron chi connectivity index (χ1n) is 5.57. The second kappa shape index (κ2) is 5.36. The standard InChI is InChI=1S/C12H10ClFN2O3/c13-7-5-6(1-2-8(7)14)11(18)15-9-3-4-10(17)16-12(9)19/h1-2,5,9H,3-4H2,(H,15,18)(H,16,17,19). The van der Waals surface area contributed by atoms with Crippen LogP contribution >= 0.6 is 11.6 Å². The molecule has 3 amide bonds. The third kappa shape index (κ3) is 3.08. The van der Waals surface area contributed by atoms with Crippen molar-refractivity contribution < 1.29 is 18.8 Å². The molecule has 1 aromatic rings. The molecule has 0 aromatic heterocycles. The highest BCUT2D eigenvalue weighted by Gasteiger charge is 2.28. The number of halogens is 2. The summed E-state index contributed by atoms with van der Waals surface area (Å²) in [5.74, 6) is -2.08. The Hall–Kier alpha value is -1.95. The summed E-state index contributed by atoms with van der Waals surface area (Å²) in [6.45, 7) is 0. The van der Waals surface area contributed by atoms with E-state index in [0.717, 1.165) is 6.07 Å². The van der Waals surface area contributed by atoms with Crippen LogP contribution in [0.4, 0.5) is 4.39 Å². The highest BCUT2D eigenvalue weighted by molar-refractivity contribution is 6.31. The summed E-state index contributed by atoms with van der Waals surface area (Å²) in [6.07, 6.45) is 0.409. The van der Waals surface area contributed by atoms with Crippen LogP contribution in [0.15, 0.2) is 18.2 Å². The molecule has 1 aliphatic rings. The van der Waals surface area contributed by atoms with Gasteiger partial charge in [-0.3, -0.25) is 19.7 Å². The molecule has 1 aliphatic heterocycles. The van der Waals surface area contributed by atoms with Crippen LogP contribution in [0.25, 0.3) is 0 Å². The van der Waals surface area contributed by atoms with Gasteiger partial charge in [0.15, 0.2) is 0 Å². The molecule has 0 radical (unpaired) electrons. The second-order valence-corrected chi connectivity index (χ2v) is 4.51. The van der Waals surface area contributed by atoms with Crippen molar-refractivity contribution in [3.63, 3.8) is 0 Å². The Labute approximate surface area is 113 Å². The van der Waals surface area contributed by atoms with Gasteiger partial charge in [0.05, 0.1) is 5.02 Å². The molecule has 19 heavy (non-hydrogen) atoms. The van der Waals surface area contributed by atoms with Crippen molar-refractivity contribution >= 4 is 29.3 Å². The van der Waals surface area contributed by atoms with Gasteiger partial charge in [-0.2, -0.15) is 0 Å². The highest BCUT2D eigenvalue weighted by Crippen LogP contribution is 2.16. The maximum Gasteiger partial charge on any atom is 0.251 e. The lowest BCUT2D eigenvalue weighted by Gasteiger charge is -2.21. The molecule has 7 heteroatoms. The van der Waals surface area contributed by atoms with E-state index >= 15 is 0 Å². The zero-order valence-corrected chi connectivity index (χ0v) is 10.5. The van der Waals surface area contributed by atoms with Crippen molar-refractivity contribution in [1.29, 1.82) is 0 Å². The Bertz CT molecular complexity index is 562. The third-order valence-electron chi connectivity index (χ3n) is 2.73. The van der Waals surface area contributed by atoms with Crippen molar-refractivity contribution in [2.45, 2.75) is 18.9 Å². The summed E-state index contributed by atoms with van der Waals surface area (Å²) in [6, 6.07) is 2.75. The van der Waals surface area contributed by atoms with E-state index in [1.165, 1.54) is 12.1 Å². The third-order valence-corrected chi connectivity index (χ3v) is 3.02. The first-order valence-corrected chi connectivity index (χ1v) is 5.95. The summed E-state index contributed by atoms with van der Waals surface area (Å²) in [5, 5.41) is 4.43. The van der Waals surface area contributed by atoms with Crippen molar-refractivity contribution in [2.24, 2.45) is 0 Å². The zero-order chi connectivity index (χ0) is 14.0. The molecule has 0 bridgehead atoms. The van der Waals surface area contributed by atoms with E-state index in [0.29, 0.717) is 0 Å². The Morgan fingerprint density at radius 3 is 2.79 bits per heavy atom. The van der Waals surface area contributed by atoms with Crippen molar-refractivity contribution in [3.05, 3.63) is 34.6 Å². The molecule has 1 saturated heterocycles. The Kier molecular flexibility index (Phi) is 3.80. The van der Waals surface area contributed by atoms with E-state index in [1.807, 2.05) is 0 Å². The second-order valence-electron chi connectivity index (χ2n) is 4.11. The fourth-order valence-corrected chi connectivity index (χ4v) is 1.89. The number of piperidine rings is 1. The fraction of sp³-hybridized carbons (Fsp3) is 0.250. The normalized spacial score (nSPS) is 18.9. The van der Waals surface area contributed by atoms with Gasteiger partial charge in [-0.1, -0.05) is 11.6 Å². The average molecular weight is 285 g/mol. The van der Waals surface area contributed by atoms with E-state index in [4.69, 9.17) is 11.6 Å². The number of hydrogen-bond donors (Lipinski definition) is 2. The van der Waals surface area contributed by atoms with Gasteiger partial charge in [0.2, 0.25) is 11.8 Å². The van der Waals surface area contributed by atoms with Gasteiger partial charge in [0.25, 0.3) is 5.91 Å². The summed E-state index contributed by atoms with van der Waals surface area (Å²) in [4.78, 5) is 34.3. The molecule has 0 aliphatic carbocycles. The predicted molar refractivity (Wildman–Crippen MR) is 65.0 cm³/mol. The first-order chi connectivity index (χ1) is 8.97. The van der Waals surface area contributed by atoms with Gasteiger partial charge in [-0.15, -0.1) is 0 Å². The van der Waals surface area contributed by atoms with Gasteiger partial charge in [-0.25, -0.2) is 4.39 Å². The average Bonchev–Trinajstić information content (AvgIpc) is 2.36. The minimum atomic E-state index is -0.769. The van der Waals surface area contributed by atoms with Gasteiger partial charge in [-0.05, 0) is 24.6 Å².